The molecule has 2 N–H and O–H groups in total. The summed E-state index contributed by atoms with van der Waals surface area (Å²) in [6.45, 7) is 6.71. The van der Waals surface area contributed by atoms with Gasteiger partial charge in [-0.15, -0.1) is 6.58 Å². The van der Waals surface area contributed by atoms with Crippen molar-refractivity contribution in [1.82, 2.24) is 10.6 Å². The van der Waals surface area contributed by atoms with Gasteiger partial charge in [0.1, 0.15) is 0 Å². The van der Waals surface area contributed by atoms with Crippen LogP contribution in [0.25, 0.3) is 0 Å². The molecule has 0 heterocycles. The van der Waals surface area contributed by atoms with Gasteiger partial charge in [0.15, 0.2) is 5.11 Å². The lowest BCUT2D eigenvalue weighted by Crippen LogP contribution is -2.43. The van der Waals surface area contributed by atoms with Gasteiger partial charge >= 0.3 is 0 Å². The van der Waals surface area contributed by atoms with Crippen molar-refractivity contribution in [3.05, 3.63) is 12.7 Å². The van der Waals surface area contributed by atoms with E-state index in [0.29, 0.717) is 6.04 Å². The van der Waals surface area contributed by atoms with E-state index in [4.69, 9.17) is 12.2 Å². The van der Waals surface area contributed by atoms with Crippen LogP contribution in [0.4, 0.5) is 0 Å². The second kappa shape index (κ2) is 6.02. The van der Waals surface area contributed by atoms with Crippen molar-refractivity contribution >= 4 is 17.3 Å². The smallest absolute Gasteiger partial charge is 0.166 e. The third-order valence-electron chi connectivity index (χ3n) is 2.76. The van der Waals surface area contributed by atoms with E-state index in [1.54, 1.807) is 0 Å². The summed E-state index contributed by atoms with van der Waals surface area (Å²) in [4.78, 5) is 0. The number of hydrogen-bond donors (Lipinski definition) is 2. The Bertz CT molecular complexity index is 195. The van der Waals surface area contributed by atoms with E-state index in [1.165, 1.54) is 25.7 Å². The van der Waals surface area contributed by atoms with Gasteiger partial charge in [0.25, 0.3) is 0 Å². The van der Waals surface area contributed by atoms with E-state index in [1.807, 2.05) is 6.08 Å². The van der Waals surface area contributed by atoms with Gasteiger partial charge in [-0.25, -0.2) is 0 Å². The second-order valence-corrected chi connectivity index (χ2v) is 4.51. The SMILES string of the molecule is C=CCNC(=S)NC1CCC(C)CC1. The van der Waals surface area contributed by atoms with Gasteiger partial charge in [-0.2, -0.15) is 0 Å². The van der Waals surface area contributed by atoms with Crippen LogP contribution in [0.15, 0.2) is 12.7 Å². The fourth-order valence-electron chi connectivity index (χ4n) is 1.81. The van der Waals surface area contributed by atoms with E-state index in [9.17, 15) is 0 Å². The fourth-order valence-corrected chi connectivity index (χ4v) is 2.06. The van der Waals surface area contributed by atoms with Gasteiger partial charge < -0.3 is 10.6 Å². The third kappa shape index (κ3) is 4.09. The standard InChI is InChI=1S/C11H20N2S/c1-3-8-12-11(14)13-10-6-4-9(2)5-7-10/h3,9-10H,1,4-8H2,2H3,(H2,12,13,14). The molecular weight excluding hydrogens is 192 g/mol. The lowest BCUT2D eigenvalue weighted by Gasteiger charge is -2.27. The summed E-state index contributed by atoms with van der Waals surface area (Å²) in [7, 11) is 0. The highest BCUT2D eigenvalue weighted by atomic mass is 32.1. The Kier molecular flexibility index (Phi) is 4.94. The zero-order valence-electron chi connectivity index (χ0n) is 8.88. The number of rotatable bonds is 3. The molecule has 0 amide bonds. The summed E-state index contributed by atoms with van der Waals surface area (Å²) in [6, 6.07) is 0.580. The first kappa shape index (κ1) is 11.5. The van der Waals surface area contributed by atoms with Crippen molar-refractivity contribution in [2.24, 2.45) is 5.92 Å². The molecule has 1 fully saturated rings. The molecule has 0 aromatic carbocycles. The number of thiocarbonyl (C=S) groups is 1. The van der Waals surface area contributed by atoms with Crippen LogP contribution in [0, 0.1) is 5.92 Å². The van der Waals surface area contributed by atoms with Crippen LogP contribution in [-0.2, 0) is 0 Å². The highest BCUT2D eigenvalue weighted by Gasteiger charge is 2.18. The normalized spacial score (nSPS) is 26.6. The summed E-state index contributed by atoms with van der Waals surface area (Å²) >= 11 is 5.16. The molecule has 1 rings (SSSR count). The predicted octanol–water partition coefficient (Wildman–Crippen LogP) is 2.22. The molecule has 0 aromatic rings. The number of hydrogen-bond acceptors (Lipinski definition) is 1. The first-order valence-electron chi connectivity index (χ1n) is 5.37. The third-order valence-corrected chi connectivity index (χ3v) is 3.02. The maximum absolute atomic E-state index is 5.16. The summed E-state index contributed by atoms with van der Waals surface area (Å²) < 4.78 is 0. The van der Waals surface area contributed by atoms with Gasteiger partial charge in [0, 0.05) is 12.6 Å². The first-order valence-corrected chi connectivity index (χ1v) is 5.78. The molecule has 1 aliphatic carbocycles. The van der Waals surface area contributed by atoms with E-state index in [0.717, 1.165) is 17.6 Å². The Balaban J connectivity index is 2.17. The summed E-state index contributed by atoms with van der Waals surface area (Å²) in [5, 5.41) is 7.21. The van der Waals surface area contributed by atoms with Crippen molar-refractivity contribution in [3.8, 4) is 0 Å². The Morgan fingerprint density at radius 2 is 2.07 bits per heavy atom. The Hall–Kier alpha value is -0.570. The number of nitrogens with one attached hydrogen (secondary N) is 2. The molecule has 0 bridgehead atoms. The van der Waals surface area contributed by atoms with E-state index < -0.39 is 0 Å². The Morgan fingerprint density at radius 1 is 1.43 bits per heavy atom. The van der Waals surface area contributed by atoms with Crippen molar-refractivity contribution in [1.29, 1.82) is 0 Å². The molecule has 0 atom stereocenters. The van der Waals surface area contributed by atoms with Crippen LogP contribution in [-0.4, -0.2) is 17.7 Å². The molecule has 0 radical (unpaired) electrons. The van der Waals surface area contributed by atoms with Gasteiger partial charge in [-0.3, -0.25) is 0 Å². The monoisotopic (exact) mass is 212 g/mol. The molecule has 1 aliphatic rings. The molecule has 0 saturated heterocycles. The van der Waals surface area contributed by atoms with Crippen molar-refractivity contribution in [2.75, 3.05) is 6.54 Å². The van der Waals surface area contributed by atoms with Crippen LogP contribution in [0.3, 0.4) is 0 Å². The maximum atomic E-state index is 5.16. The van der Waals surface area contributed by atoms with Gasteiger partial charge in [-0.05, 0) is 43.8 Å². The molecule has 0 aliphatic heterocycles. The average Bonchev–Trinajstić information content (AvgIpc) is 2.18. The summed E-state index contributed by atoms with van der Waals surface area (Å²) in [6.07, 6.45) is 6.95. The maximum Gasteiger partial charge on any atom is 0.166 e. The molecule has 80 valence electrons. The Morgan fingerprint density at radius 3 is 2.64 bits per heavy atom. The fraction of sp³-hybridized carbons (Fsp3) is 0.727. The van der Waals surface area contributed by atoms with Crippen LogP contribution < -0.4 is 10.6 Å². The molecule has 0 spiro atoms. The van der Waals surface area contributed by atoms with Crippen molar-refractivity contribution in [3.63, 3.8) is 0 Å². The van der Waals surface area contributed by atoms with Gasteiger partial charge in [-0.1, -0.05) is 13.0 Å². The average molecular weight is 212 g/mol. The minimum Gasteiger partial charge on any atom is -0.360 e. The summed E-state index contributed by atoms with van der Waals surface area (Å²) in [5.41, 5.74) is 0. The molecule has 0 unspecified atom stereocenters. The summed E-state index contributed by atoms with van der Waals surface area (Å²) in [5.74, 6) is 0.891. The molecule has 3 heteroatoms. The largest absolute Gasteiger partial charge is 0.360 e. The molecule has 0 aromatic heterocycles. The highest BCUT2D eigenvalue weighted by molar-refractivity contribution is 7.80. The lowest BCUT2D eigenvalue weighted by atomic mass is 9.87. The van der Waals surface area contributed by atoms with Crippen LogP contribution in [0.1, 0.15) is 32.6 Å². The van der Waals surface area contributed by atoms with E-state index >= 15 is 0 Å². The zero-order chi connectivity index (χ0) is 10.4. The second-order valence-electron chi connectivity index (χ2n) is 4.10. The highest BCUT2D eigenvalue weighted by Crippen LogP contribution is 2.23. The zero-order valence-corrected chi connectivity index (χ0v) is 9.70. The molecule has 1 saturated carbocycles. The van der Waals surface area contributed by atoms with Crippen molar-refractivity contribution in [2.45, 2.75) is 38.6 Å². The predicted molar refractivity (Wildman–Crippen MR) is 65.4 cm³/mol. The van der Waals surface area contributed by atoms with Crippen LogP contribution in [0.2, 0.25) is 0 Å². The lowest BCUT2D eigenvalue weighted by molar-refractivity contribution is 0.330. The molecule has 2 nitrogen and oxygen atoms in total. The van der Waals surface area contributed by atoms with Crippen LogP contribution in [0.5, 0.6) is 0 Å². The minimum absolute atomic E-state index is 0.580. The molecular formula is C11H20N2S. The van der Waals surface area contributed by atoms with Crippen molar-refractivity contribution < 1.29 is 0 Å². The van der Waals surface area contributed by atoms with E-state index in [2.05, 4.69) is 24.1 Å². The minimum atomic E-state index is 0.580. The van der Waals surface area contributed by atoms with Gasteiger partial charge in [0.05, 0.1) is 0 Å². The topological polar surface area (TPSA) is 24.1 Å². The Labute approximate surface area is 92.2 Å². The molecule has 14 heavy (non-hydrogen) atoms. The van der Waals surface area contributed by atoms with E-state index in [-0.39, 0.29) is 0 Å². The van der Waals surface area contributed by atoms with Gasteiger partial charge in [0.2, 0.25) is 0 Å². The first-order chi connectivity index (χ1) is 6.72. The quantitative estimate of drug-likeness (QED) is 0.554. The van der Waals surface area contributed by atoms with Crippen LogP contribution >= 0.6 is 12.2 Å².